The van der Waals surface area contributed by atoms with E-state index >= 15 is 0 Å². The highest BCUT2D eigenvalue weighted by molar-refractivity contribution is 5.50. The van der Waals surface area contributed by atoms with Crippen LogP contribution >= 0.6 is 0 Å². The molecule has 0 fully saturated rings. The van der Waals surface area contributed by atoms with E-state index in [0.717, 1.165) is 22.7 Å². The van der Waals surface area contributed by atoms with Crippen molar-refractivity contribution in [3.8, 4) is 11.5 Å². The first-order valence-electron chi connectivity index (χ1n) is 7.78. The first-order valence-corrected chi connectivity index (χ1v) is 7.78. The van der Waals surface area contributed by atoms with E-state index in [1.165, 1.54) is 5.56 Å². The predicted octanol–water partition coefficient (Wildman–Crippen LogP) is 4.83. The van der Waals surface area contributed by atoms with Gasteiger partial charge in [-0.25, -0.2) is 0 Å². The average molecular weight is 299 g/mol. The van der Waals surface area contributed by atoms with E-state index in [9.17, 15) is 0 Å². The zero-order chi connectivity index (χ0) is 15.9. The molecule has 0 aliphatic heterocycles. The quantitative estimate of drug-likeness (QED) is 0.794. The molecule has 2 rings (SSSR count). The SMILES string of the molecule is CCOc1c(CNc2ccc(C(C)C)cc2)cccc1OC. The Morgan fingerprint density at radius 2 is 1.77 bits per heavy atom. The van der Waals surface area contributed by atoms with Crippen molar-refractivity contribution in [2.75, 3.05) is 19.0 Å². The topological polar surface area (TPSA) is 30.5 Å². The van der Waals surface area contributed by atoms with E-state index in [1.807, 2.05) is 19.1 Å². The van der Waals surface area contributed by atoms with E-state index in [1.54, 1.807) is 7.11 Å². The number of anilines is 1. The molecule has 0 saturated carbocycles. The lowest BCUT2D eigenvalue weighted by Gasteiger charge is -2.15. The molecule has 2 aromatic carbocycles. The lowest BCUT2D eigenvalue weighted by atomic mass is 10.0. The zero-order valence-corrected chi connectivity index (χ0v) is 13.8. The molecule has 1 N–H and O–H groups in total. The lowest BCUT2D eigenvalue weighted by Crippen LogP contribution is -2.04. The Bertz CT molecular complexity index is 591. The summed E-state index contributed by atoms with van der Waals surface area (Å²) in [6.45, 7) is 7.71. The van der Waals surface area contributed by atoms with Gasteiger partial charge in [0, 0.05) is 17.8 Å². The summed E-state index contributed by atoms with van der Waals surface area (Å²) in [5, 5.41) is 3.44. The van der Waals surface area contributed by atoms with Gasteiger partial charge in [-0.05, 0) is 36.6 Å². The summed E-state index contributed by atoms with van der Waals surface area (Å²) >= 11 is 0. The van der Waals surface area contributed by atoms with Crippen LogP contribution in [0, 0.1) is 0 Å². The number of ether oxygens (including phenoxy) is 2. The van der Waals surface area contributed by atoms with Gasteiger partial charge in [-0.2, -0.15) is 0 Å². The molecule has 0 aliphatic rings. The van der Waals surface area contributed by atoms with Gasteiger partial charge < -0.3 is 14.8 Å². The van der Waals surface area contributed by atoms with Crippen LogP contribution in [-0.2, 0) is 6.54 Å². The van der Waals surface area contributed by atoms with Crippen LogP contribution in [-0.4, -0.2) is 13.7 Å². The number of rotatable bonds is 7. The van der Waals surface area contributed by atoms with Crippen LogP contribution in [0.1, 0.15) is 37.8 Å². The number of methoxy groups -OCH3 is 1. The molecule has 0 aliphatic carbocycles. The van der Waals surface area contributed by atoms with Crippen molar-refractivity contribution >= 4 is 5.69 Å². The van der Waals surface area contributed by atoms with Gasteiger partial charge in [-0.3, -0.25) is 0 Å². The predicted molar refractivity (Wildman–Crippen MR) is 92.0 cm³/mol. The number of para-hydroxylation sites is 1. The van der Waals surface area contributed by atoms with Gasteiger partial charge in [-0.1, -0.05) is 38.1 Å². The van der Waals surface area contributed by atoms with Crippen LogP contribution < -0.4 is 14.8 Å². The summed E-state index contributed by atoms with van der Waals surface area (Å²) in [6, 6.07) is 14.5. The Balaban J connectivity index is 2.10. The second-order valence-corrected chi connectivity index (χ2v) is 5.51. The van der Waals surface area contributed by atoms with Gasteiger partial charge in [0.1, 0.15) is 0 Å². The highest BCUT2D eigenvalue weighted by Gasteiger charge is 2.10. The van der Waals surface area contributed by atoms with Crippen LogP contribution in [0.15, 0.2) is 42.5 Å². The summed E-state index contributed by atoms with van der Waals surface area (Å²) in [7, 11) is 1.67. The molecule has 3 nitrogen and oxygen atoms in total. The second kappa shape index (κ2) is 7.74. The minimum Gasteiger partial charge on any atom is -0.493 e. The van der Waals surface area contributed by atoms with Gasteiger partial charge in [0.05, 0.1) is 13.7 Å². The molecule has 0 saturated heterocycles. The van der Waals surface area contributed by atoms with Gasteiger partial charge in [0.25, 0.3) is 0 Å². The third-order valence-electron chi connectivity index (χ3n) is 3.63. The smallest absolute Gasteiger partial charge is 0.166 e. The highest BCUT2D eigenvalue weighted by atomic mass is 16.5. The maximum atomic E-state index is 5.73. The average Bonchev–Trinajstić information content (AvgIpc) is 2.54. The van der Waals surface area contributed by atoms with Gasteiger partial charge >= 0.3 is 0 Å². The molecule has 0 atom stereocenters. The minimum atomic E-state index is 0.553. The molecule has 0 heterocycles. The normalized spacial score (nSPS) is 10.6. The molecule has 2 aromatic rings. The zero-order valence-electron chi connectivity index (χ0n) is 13.8. The first kappa shape index (κ1) is 16.2. The van der Waals surface area contributed by atoms with E-state index in [0.29, 0.717) is 19.1 Å². The summed E-state index contributed by atoms with van der Waals surface area (Å²) in [5.41, 5.74) is 3.55. The fourth-order valence-corrected chi connectivity index (χ4v) is 2.35. The monoisotopic (exact) mass is 299 g/mol. The number of nitrogens with one attached hydrogen (secondary N) is 1. The first-order chi connectivity index (χ1) is 10.7. The van der Waals surface area contributed by atoms with Crippen LogP contribution in [0.2, 0.25) is 0 Å². The van der Waals surface area contributed by atoms with Crippen LogP contribution in [0.4, 0.5) is 5.69 Å². The molecule has 0 unspecified atom stereocenters. The Morgan fingerprint density at radius 3 is 2.36 bits per heavy atom. The lowest BCUT2D eigenvalue weighted by molar-refractivity contribution is 0.308. The molecule has 0 amide bonds. The maximum Gasteiger partial charge on any atom is 0.166 e. The van der Waals surface area contributed by atoms with Crippen molar-refractivity contribution < 1.29 is 9.47 Å². The van der Waals surface area contributed by atoms with Crippen molar-refractivity contribution in [3.63, 3.8) is 0 Å². The van der Waals surface area contributed by atoms with Gasteiger partial charge in [0.15, 0.2) is 11.5 Å². The van der Waals surface area contributed by atoms with Crippen LogP contribution in [0.5, 0.6) is 11.5 Å². The van der Waals surface area contributed by atoms with Crippen molar-refractivity contribution in [1.82, 2.24) is 0 Å². The molecule has 22 heavy (non-hydrogen) atoms. The third-order valence-corrected chi connectivity index (χ3v) is 3.63. The van der Waals surface area contributed by atoms with E-state index in [4.69, 9.17) is 9.47 Å². The van der Waals surface area contributed by atoms with Crippen LogP contribution in [0.3, 0.4) is 0 Å². The summed E-state index contributed by atoms with van der Waals surface area (Å²) in [4.78, 5) is 0. The van der Waals surface area contributed by atoms with Gasteiger partial charge in [0.2, 0.25) is 0 Å². The Morgan fingerprint density at radius 1 is 1.05 bits per heavy atom. The largest absolute Gasteiger partial charge is 0.493 e. The van der Waals surface area contributed by atoms with Crippen molar-refractivity contribution in [2.24, 2.45) is 0 Å². The van der Waals surface area contributed by atoms with E-state index < -0.39 is 0 Å². The summed E-state index contributed by atoms with van der Waals surface area (Å²) in [6.07, 6.45) is 0. The van der Waals surface area contributed by atoms with Crippen LogP contribution in [0.25, 0.3) is 0 Å². The number of benzene rings is 2. The Kier molecular flexibility index (Phi) is 5.70. The van der Waals surface area contributed by atoms with Gasteiger partial charge in [-0.15, -0.1) is 0 Å². The molecule has 0 aromatic heterocycles. The summed E-state index contributed by atoms with van der Waals surface area (Å²) < 4.78 is 11.1. The van der Waals surface area contributed by atoms with Crippen molar-refractivity contribution in [2.45, 2.75) is 33.2 Å². The van der Waals surface area contributed by atoms with Crippen molar-refractivity contribution in [3.05, 3.63) is 53.6 Å². The molecular weight excluding hydrogens is 274 g/mol. The standard InChI is InChI=1S/C19H25NO2/c1-5-22-19-16(7-6-8-18(19)21-4)13-20-17-11-9-15(10-12-17)14(2)3/h6-12,14,20H,5,13H2,1-4H3. The maximum absolute atomic E-state index is 5.73. The molecule has 118 valence electrons. The van der Waals surface area contributed by atoms with Crippen molar-refractivity contribution in [1.29, 1.82) is 0 Å². The second-order valence-electron chi connectivity index (χ2n) is 5.51. The highest BCUT2D eigenvalue weighted by Crippen LogP contribution is 2.31. The molecule has 0 bridgehead atoms. The minimum absolute atomic E-state index is 0.553. The Labute approximate surface area is 133 Å². The van der Waals surface area contributed by atoms with E-state index in [2.05, 4.69) is 49.5 Å². The summed E-state index contributed by atoms with van der Waals surface area (Å²) in [5.74, 6) is 2.15. The molecule has 0 radical (unpaired) electrons. The number of hydrogen-bond donors (Lipinski definition) is 1. The number of hydrogen-bond acceptors (Lipinski definition) is 3. The molecule has 0 spiro atoms. The fraction of sp³-hybridized carbons (Fsp3) is 0.368. The Hall–Kier alpha value is -2.16. The fourth-order valence-electron chi connectivity index (χ4n) is 2.35. The molecular formula is C19H25NO2. The van der Waals surface area contributed by atoms with E-state index in [-0.39, 0.29) is 0 Å². The molecule has 3 heteroatoms. The third kappa shape index (κ3) is 3.94.